The summed E-state index contributed by atoms with van der Waals surface area (Å²) in [6.45, 7) is 7.70. The van der Waals surface area contributed by atoms with Crippen LogP contribution in [0.3, 0.4) is 0 Å². The Bertz CT molecular complexity index is 546. The van der Waals surface area contributed by atoms with Gasteiger partial charge in [-0.1, -0.05) is 13.8 Å². The first-order valence-corrected chi connectivity index (χ1v) is 6.41. The molecular formula is C14H21N3O2. The van der Waals surface area contributed by atoms with Crippen LogP contribution in [0.15, 0.2) is 18.3 Å². The lowest BCUT2D eigenvalue weighted by molar-refractivity contribution is -0.150. The number of nitrogens with zero attached hydrogens (tertiary/aromatic N) is 2. The highest BCUT2D eigenvalue weighted by atomic mass is 16.5. The van der Waals surface area contributed by atoms with Gasteiger partial charge in [0.1, 0.15) is 0 Å². The molecule has 0 bridgehead atoms. The lowest BCUT2D eigenvalue weighted by atomic mass is 9.87. The first kappa shape index (κ1) is 15.1. The molecule has 0 radical (unpaired) electrons. The van der Waals surface area contributed by atoms with Gasteiger partial charge in [0, 0.05) is 23.7 Å². The van der Waals surface area contributed by atoms with Crippen LogP contribution < -0.4 is 0 Å². The van der Waals surface area contributed by atoms with Crippen molar-refractivity contribution in [3.05, 3.63) is 24.0 Å². The predicted octanol–water partition coefficient (Wildman–Crippen LogP) is 2.73. The Morgan fingerprint density at radius 3 is 2.74 bits per heavy atom. The first-order chi connectivity index (χ1) is 9.04. The van der Waals surface area contributed by atoms with Gasteiger partial charge < -0.3 is 4.74 Å². The van der Waals surface area contributed by atoms with E-state index in [0.717, 1.165) is 11.1 Å². The summed E-state index contributed by atoms with van der Waals surface area (Å²) in [5, 5.41) is 7.98. The highest BCUT2D eigenvalue weighted by Crippen LogP contribution is 2.25. The second-order valence-electron chi connectivity index (χ2n) is 4.63. The molecule has 0 atom stereocenters. The largest absolute Gasteiger partial charge is 0.469 e. The molecule has 1 N–H and O–H groups in total. The lowest BCUT2D eigenvalue weighted by Crippen LogP contribution is -2.28. The number of carbonyl (C=O) groups excluding carboxylic acids is 1. The van der Waals surface area contributed by atoms with Crippen LogP contribution in [0.2, 0.25) is 0 Å². The normalized spacial score (nSPS) is 10.8. The Kier molecular flexibility index (Phi) is 5.03. The molecule has 0 aliphatic rings. The number of H-pyrrole nitrogens is 1. The number of carbonyl (C=O) groups is 1. The van der Waals surface area contributed by atoms with Crippen molar-refractivity contribution < 1.29 is 9.53 Å². The topological polar surface area (TPSA) is 67.9 Å². The minimum absolute atomic E-state index is 0.232. The number of nitrogens with one attached hydrogen (secondary N) is 1. The minimum atomic E-state index is -0.579. The molecule has 2 heterocycles. The Morgan fingerprint density at radius 1 is 1.42 bits per heavy atom. The highest BCUT2D eigenvalue weighted by molar-refractivity contribution is 5.80. The number of methoxy groups -OCH3 is 1. The predicted molar refractivity (Wildman–Crippen MR) is 74.7 cm³/mol. The molecule has 19 heavy (non-hydrogen) atoms. The maximum atomic E-state index is 11.6. The Hall–Kier alpha value is -1.91. The van der Waals surface area contributed by atoms with E-state index in [2.05, 4.69) is 15.2 Å². The van der Waals surface area contributed by atoms with Crippen LogP contribution in [0.4, 0.5) is 0 Å². The molecular weight excluding hydrogens is 242 g/mol. The fraction of sp³-hybridized carbons (Fsp3) is 0.500. The van der Waals surface area contributed by atoms with Crippen molar-refractivity contribution in [1.29, 1.82) is 0 Å². The van der Waals surface area contributed by atoms with Gasteiger partial charge in [-0.15, -0.1) is 0 Å². The molecule has 0 saturated carbocycles. The third kappa shape index (κ3) is 3.30. The lowest BCUT2D eigenvalue weighted by Gasteiger charge is -2.20. The molecule has 5 nitrogen and oxygen atoms in total. The number of fused-ring (bicyclic) bond motifs is 1. The van der Waals surface area contributed by atoms with Crippen LogP contribution in [0.1, 0.15) is 33.4 Å². The molecule has 5 heteroatoms. The summed E-state index contributed by atoms with van der Waals surface area (Å²) >= 11 is 0. The summed E-state index contributed by atoms with van der Waals surface area (Å²) in [5.41, 5.74) is 0.996. The number of hydrogen-bond donors (Lipinski definition) is 1. The molecule has 0 aliphatic carbocycles. The van der Waals surface area contributed by atoms with E-state index in [1.54, 1.807) is 6.20 Å². The summed E-state index contributed by atoms with van der Waals surface area (Å²) in [6.07, 6.45) is 2.24. The Labute approximate surface area is 113 Å². The standard InChI is InChI=1S/C12H15N3O2.C2H6/c1-12(2,11(16)17-3)7-9-8-5-4-6-13-10(8)15-14-9;1-2/h4-6H,7H2,1-3H3,(H,13,14,15);1-2H3. The first-order valence-electron chi connectivity index (χ1n) is 6.41. The van der Waals surface area contributed by atoms with Gasteiger partial charge in [0.05, 0.1) is 12.5 Å². The average Bonchev–Trinajstić information content (AvgIpc) is 2.83. The van der Waals surface area contributed by atoms with Crippen molar-refractivity contribution >= 4 is 17.0 Å². The molecule has 0 fully saturated rings. The van der Waals surface area contributed by atoms with Crippen molar-refractivity contribution in [2.75, 3.05) is 7.11 Å². The van der Waals surface area contributed by atoms with E-state index in [0.29, 0.717) is 12.1 Å². The SMILES string of the molecule is CC.COC(=O)C(C)(C)Cc1[nH]nc2ncccc12. The Balaban J connectivity index is 0.000000861. The van der Waals surface area contributed by atoms with Gasteiger partial charge in [-0.25, -0.2) is 4.98 Å². The van der Waals surface area contributed by atoms with Crippen molar-refractivity contribution in [1.82, 2.24) is 15.2 Å². The average molecular weight is 263 g/mol. The van der Waals surface area contributed by atoms with E-state index in [4.69, 9.17) is 4.74 Å². The molecule has 104 valence electrons. The molecule has 0 amide bonds. The van der Waals surface area contributed by atoms with E-state index < -0.39 is 5.41 Å². The van der Waals surface area contributed by atoms with E-state index in [1.165, 1.54) is 7.11 Å². The van der Waals surface area contributed by atoms with E-state index in [9.17, 15) is 4.79 Å². The summed E-state index contributed by atoms with van der Waals surface area (Å²) < 4.78 is 4.79. The molecule has 0 aromatic carbocycles. The number of ether oxygens (including phenoxy) is 1. The minimum Gasteiger partial charge on any atom is -0.469 e. The van der Waals surface area contributed by atoms with Crippen LogP contribution in [-0.4, -0.2) is 28.3 Å². The molecule has 0 saturated heterocycles. The fourth-order valence-corrected chi connectivity index (χ4v) is 1.83. The summed E-state index contributed by atoms with van der Waals surface area (Å²) in [5.74, 6) is -0.232. The van der Waals surface area contributed by atoms with Crippen LogP contribution in [0.25, 0.3) is 11.0 Å². The van der Waals surface area contributed by atoms with Crippen LogP contribution in [-0.2, 0) is 16.0 Å². The summed E-state index contributed by atoms with van der Waals surface area (Å²) in [7, 11) is 1.40. The molecule has 2 rings (SSSR count). The molecule has 0 unspecified atom stereocenters. The third-order valence-electron chi connectivity index (χ3n) is 2.77. The van der Waals surface area contributed by atoms with Crippen molar-refractivity contribution in [3.8, 4) is 0 Å². The fourth-order valence-electron chi connectivity index (χ4n) is 1.83. The summed E-state index contributed by atoms with van der Waals surface area (Å²) in [4.78, 5) is 15.8. The van der Waals surface area contributed by atoms with Crippen molar-refractivity contribution in [2.24, 2.45) is 5.41 Å². The smallest absolute Gasteiger partial charge is 0.311 e. The maximum Gasteiger partial charge on any atom is 0.311 e. The zero-order valence-corrected chi connectivity index (χ0v) is 12.2. The van der Waals surface area contributed by atoms with Gasteiger partial charge in [0.15, 0.2) is 5.65 Å². The molecule has 0 spiro atoms. The van der Waals surface area contributed by atoms with Crippen LogP contribution in [0, 0.1) is 5.41 Å². The van der Waals surface area contributed by atoms with Gasteiger partial charge >= 0.3 is 5.97 Å². The zero-order chi connectivity index (χ0) is 14.5. The number of hydrogen-bond acceptors (Lipinski definition) is 4. The van der Waals surface area contributed by atoms with Gasteiger partial charge in [-0.2, -0.15) is 5.10 Å². The summed E-state index contributed by atoms with van der Waals surface area (Å²) in [6, 6.07) is 3.79. The zero-order valence-electron chi connectivity index (χ0n) is 12.2. The van der Waals surface area contributed by atoms with E-state index in [1.807, 2.05) is 39.8 Å². The van der Waals surface area contributed by atoms with Crippen LogP contribution in [0.5, 0.6) is 0 Å². The quantitative estimate of drug-likeness (QED) is 0.864. The van der Waals surface area contributed by atoms with E-state index in [-0.39, 0.29) is 5.97 Å². The third-order valence-corrected chi connectivity index (χ3v) is 2.77. The second kappa shape index (κ2) is 6.31. The molecule has 2 aromatic rings. The van der Waals surface area contributed by atoms with Gasteiger partial charge in [-0.05, 0) is 26.0 Å². The molecule has 0 aliphatic heterocycles. The van der Waals surface area contributed by atoms with Gasteiger partial charge in [0.25, 0.3) is 0 Å². The van der Waals surface area contributed by atoms with Gasteiger partial charge in [0.2, 0.25) is 0 Å². The number of esters is 1. The molecule has 2 aromatic heterocycles. The monoisotopic (exact) mass is 263 g/mol. The van der Waals surface area contributed by atoms with Crippen molar-refractivity contribution in [2.45, 2.75) is 34.1 Å². The number of aromatic amines is 1. The highest BCUT2D eigenvalue weighted by Gasteiger charge is 2.30. The number of rotatable bonds is 3. The number of aromatic nitrogens is 3. The second-order valence-corrected chi connectivity index (χ2v) is 4.63. The van der Waals surface area contributed by atoms with Gasteiger partial charge in [-0.3, -0.25) is 9.89 Å². The Morgan fingerprint density at radius 2 is 2.11 bits per heavy atom. The van der Waals surface area contributed by atoms with Crippen molar-refractivity contribution in [3.63, 3.8) is 0 Å². The number of pyridine rings is 1. The maximum absolute atomic E-state index is 11.6. The van der Waals surface area contributed by atoms with E-state index >= 15 is 0 Å². The van der Waals surface area contributed by atoms with Crippen LogP contribution >= 0.6 is 0 Å².